The van der Waals surface area contributed by atoms with Crippen LogP contribution in [0.25, 0.3) is 11.5 Å². The van der Waals surface area contributed by atoms with E-state index in [0.717, 1.165) is 21.8 Å². The topological polar surface area (TPSA) is 94.0 Å². The van der Waals surface area contributed by atoms with Gasteiger partial charge in [0.25, 0.3) is 0 Å². The average molecular weight is 362 g/mol. The molecule has 2 heterocycles. The smallest absolute Gasteiger partial charge is 0.331 e. The summed E-state index contributed by atoms with van der Waals surface area (Å²) in [6.07, 6.45) is 7.14. The van der Waals surface area contributed by atoms with Crippen LogP contribution in [0.2, 0.25) is 0 Å². The highest BCUT2D eigenvalue weighted by atomic mass is 16.4. The van der Waals surface area contributed by atoms with Gasteiger partial charge < -0.3 is 9.52 Å². The molecule has 2 aromatic heterocycles. The van der Waals surface area contributed by atoms with Gasteiger partial charge in [0.1, 0.15) is 5.76 Å². The fourth-order valence-corrected chi connectivity index (χ4v) is 2.42. The lowest BCUT2D eigenvalue weighted by Gasteiger charge is -2.06. The first kappa shape index (κ1) is 18.1. The third-order valence-electron chi connectivity index (χ3n) is 3.82. The van der Waals surface area contributed by atoms with E-state index in [0.29, 0.717) is 12.3 Å². The zero-order valence-electron chi connectivity index (χ0n) is 14.7. The van der Waals surface area contributed by atoms with Gasteiger partial charge in [-0.25, -0.2) is 9.78 Å². The number of carbonyl (C=O) groups is 1. The van der Waals surface area contributed by atoms with Crippen molar-refractivity contribution < 1.29 is 14.3 Å². The largest absolute Gasteiger partial charge is 0.480 e. The van der Waals surface area contributed by atoms with Crippen LogP contribution in [0, 0.1) is 18.8 Å². The minimum atomic E-state index is -1.02. The molecule has 0 bridgehead atoms. The number of carboxylic acids is 1. The Morgan fingerprint density at radius 3 is 2.74 bits per heavy atom. The molecule has 0 spiro atoms. The standard InChI is InChI=1S/C20H18N4O3/c1-15-17(23-19(27-15)16-9-5-4-6-10-16)11-7-2-3-8-12-18(20(25)26)24-21-13-14-22-24/h2,4-7,9-10,13-14,18H,11-12H2,1H3,(H,25,26)/b7-2+/t18-/m0/s1. The fourth-order valence-electron chi connectivity index (χ4n) is 2.42. The molecular formula is C20H18N4O3. The maximum absolute atomic E-state index is 11.3. The van der Waals surface area contributed by atoms with Crippen LogP contribution in [0.15, 0.2) is 59.3 Å². The number of aromatic nitrogens is 4. The second-order valence-electron chi connectivity index (χ2n) is 5.72. The van der Waals surface area contributed by atoms with Gasteiger partial charge in [-0.1, -0.05) is 36.1 Å². The van der Waals surface area contributed by atoms with E-state index in [1.54, 1.807) is 6.08 Å². The fraction of sp³-hybridized carbons (Fsp3) is 0.200. The molecule has 0 unspecified atom stereocenters. The molecule has 1 N–H and O–H groups in total. The average Bonchev–Trinajstić information content (AvgIpc) is 3.32. The maximum Gasteiger partial charge on any atom is 0.331 e. The monoisotopic (exact) mass is 362 g/mol. The Morgan fingerprint density at radius 2 is 2.04 bits per heavy atom. The molecule has 7 nitrogen and oxygen atoms in total. The van der Waals surface area contributed by atoms with Gasteiger partial charge in [0.05, 0.1) is 18.1 Å². The van der Waals surface area contributed by atoms with Crippen molar-refractivity contribution in [2.75, 3.05) is 0 Å². The normalized spacial score (nSPS) is 11.9. The van der Waals surface area contributed by atoms with Crippen LogP contribution in [0.4, 0.5) is 0 Å². The highest BCUT2D eigenvalue weighted by molar-refractivity contribution is 5.71. The number of aryl methyl sites for hydroxylation is 1. The first-order chi connectivity index (χ1) is 13.1. The van der Waals surface area contributed by atoms with Crippen molar-refractivity contribution in [2.45, 2.75) is 25.8 Å². The minimum Gasteiger partial charge on any atom is -0.480 e. The first-order valence-corrected chi connectivity index (χ1v) is 8.39. The van der Waals surface area contributed by atoms with Gasteiger partial charge >= 0.3 is 5.97 Å². The summed E-state index contributed by atoms with van der Waals surface area (Å²) in [4.78, 5) is 16.9. The van der Waals surface area contributed by atoms with E-state index in [-0.39, 0.29) is 6.42 Å². The Bertz CT molecular complexity index is 979. The van der Waals surface area contributed by atoms with Crippen LogP contribution in [-0.4, -0.2) is 31.1 Å². The van der Waals surface area contributed by atoms with Crippen LogP contribution >= 0.6 is 0 Å². The van der Waals surface area contributed by atoms with Gasteiger partial charge in [0, 0.05) is 18.4 Å². The van der Waals surface area contributed by atoms with Crippen LogP contribution in [0.5, 0.6) is 0 Å². The number of hydrogen-bond acceptors (Lipinski definition) is 5. The maximum atomic E-state index is 11.3. The van der Waals surface area contributed by atoms with Crippen LogP contribution in [0.3, 0.4) is 0 Å². The molecule has 136 valence electrons. The Morgan fingerprint density at radius 1 is 1.30 bits per heavy atom. The number of hydrogen-bond donors (Lipinski definition) is 1. The molecule has 3 rings (SSSR count). The molecule has 0 saturated carbocycles. The third kappa shape index (κ3) is 4.70. The van der Waals surface area contributed by atoms with Gasteiger partial charge in [0.15, 0.2) is 6.04 Å². The van der Waals surface area contributed by atoms with Gasteiger partial charge in [-0.2, -0.15) is 15.0 Å². The molecular weight excluding hydrogens is 344 g/mol. The van der Waals surface area contributed by atoms with Crippen molar-refractivity contribution in [1.82, 2.24) is 20.0 Å². The van der Waals surface area contributed by atoms with E-state index in [1.165, 1.54) is 12.4 Å². The van der Waals surface area contributed by atoms with Crippen molar-refractivity contribution in [3.8, 4) is 23.3 Å². The second kappa shape index (κ2) is 8.63. The quantitative estimate of drug-likeness (QED) is 0.677. The molecule has 7 heteroatoms. The zero-order chi connectivity index (χ0) is 19.1. The van der Waals surface area contributed by atoms with Crippen LogP contribution in [0.1, 0.15) is 23.9 Å². The summed E-state index contributed by atoms with van der Waals surface area (Å²) in [6.45, 7) is 1.88. The highest BCUT2D eigenvalue weighted by Gasteiger charge is 2.19. The van der Waals surface area contributed by atoms with E-state index in [2.05, 4.69) is 27.0 Å². The SMILES string of the molecule is Cc1oc(-c2ccccc2)nc1C/C=C/C#CC[C@@H](C(=O)O)n1nccn1. The van der Waals surface area contributed by atoms with Crippen molar-refractivity contribution in [3.63, 3.8) is 0 Å². The molecule has 0 fully saturated rings. The summed E-state index contributed by atoms with van der Waals surface area (Å²) in [5.74, 6) is 6.01. The summed E-state index contributed by atoms with van der Waals surface area (Å²) < 4.78 is 5.72. The van der Waals surface area contributed by atoms with E-state index in [9.17, 15) is 9.90 Å². The Kier molecular flexibility index (Phi) is 5.80. The summed E-state index contributed by atoms with van der Waals surface area (Å²) in [7, 11) is 0. The van der Waals surface area contributed by atoms with Gasteiger partial charge in [-0.05, 0) is 25.1 Å². The molecule has 0 aliphatic carbocycles. The number of aliphatic carboxylic acids is 1. The predicted octanol–water partition coefficient (Wildman–Crippen LogP) is 3.06. The summed E-state index contributed by atoms with van der Waals surface area (Å²) in [5, 5.41) is 16.9. The Hall–Kier alpha value is -3.66. The Labute approximate surface area is 156 Å². The number of allylic oxidation sites excluding steroid dienone is 2. The molecule has 0 saturated heterocycles. The summed E-state index contributed by atoms with van der Waals surface area (Å²) >= 11 is 0. The number of carboxylic acid groups (broad SMARTS) is 1. The van der Waals surface area contributed by atoms with Crippen molar-refractivity contribution in [1.29, 1.82) is 0 Å². The van der Waals surface area contributed by atoms with Gasteiger partial charge in [-0.3, -0.25) is 0 Å². The van der Waals surface area contributed by atoms with E-state index in [1.807, 2.05) is 43.3 Å². The van der Waals surface area contributed by atoms with Crippen molar-refractivity contribution in [2.24, 2.45) is 0 Å². The van der Waals surface area contributed by atoms with Crippen LogP contribution in [-0.2, 0) is 11.2 Å². The molecule has 0 amide bonds. The molecule has 1 atom stereocenters. The summed E-state index contributed by atoms with van der Waals surface area (Å²) in [6, 6.07) is 8.82. The first-order valence-electron chi connectivity index (χ1n) is 8.39. The molecule has 0 radical (unpaired) electrons. The number of oxazole rings is 1. The zero-order valence-corrected chi connectivity index (χ0v) is 14.7. The molecule has 1 aromatic carbocycles. The summed E-state index contributed by atoms with van der Waals surface area (Å²) in [5.41, 5.74) is 1.78. The van der Waals surface area contributed by atoms with Crippen molar-refractivity contribution >= 4 is 5.97 Å². The van der Waals surface area contributed by atoms with Crippen LogP contribution < -0.4 is 0 Å². The number of nitrogens with zero attached hydrogens (tertiary/aromatic N) is 4. The lowest BCUT2D eigenvalue weighted by molar-refractivity contribution is -0.141. The lowest BCUT2D eigenvalue weighted by atomic mass is 10.2. The predicted molar refractivity (Wildman–Crippen MR) is 98.6 cm³/mol. The van der Waals surface area contributed by atoms with E-state index in [4.69, 9.17) is 4.42 Å². The molecule has 0 aliphatic heterocycles. The third-order valence-corrected chi connectivity index (χ3v) is 3.82. The van der Waals surface area contributed by atoms with Gasteiger partial charge in [0.2, 0.25) is 5.89 Å². The second-order valence-corrected chi connectivity index (χ2v) is 5.72. The number of benzene rings is 1. The van der Waals surface area contributed by atoms with Gasteiger partial charge in [-0.15, -0.1) is 0 Å². The molecule has 3 aromatic rings. The lowest BCUT2D eigenvalue weighted by Crippen LogP contribution is -2.20. The van der Waals surface area contributed by atoms with E-state index < -0.39 is 12.0 Å². The Balaban J connectivity index is 1.58. The highest BCUT2D eigenvalue weighted by Crippen LogP contribution is 2.21. The number of rotatable bonds is 6. The molecule has 0 aliphatic rings. The molecule has 27 heavy (non-hydrogen) atoms. The van der Waals surface area contributed by atoms with Crippen molar-refractivity contribution in [3.05, 3.63) is 66.3 Å². The van der Waals surface area contributed by atoms with E-state index >= 15 is 0 Å². The minimum absolute atomic E-state index is 0.121.